The first-order chi connectivity index (χ1) is 9.35. The van der Waals surface area contributed by atoms with Gasteiger partial charge in [-0.2, -0.15) is 0 Å². The highest BCUT2D eigenvalue weighted by molar-refractivity contribution is 5.19. The number of aromatic nitrogens is 1. The van der Waals surface area contributed by atoms with E-state index in [1.165, 1.54) is 25.7 Å². The minimum absolute atomic E-state index is 0.792. The molecule has 0 aliphatic heterocycles. The SMILES string of the molecule is CCNCc1ccc(OCC2CC3CCC2C3)cn1. The van der Waals surface area contributed by atoms with E-state index in [-0.39, 0.29) is 0 Å². The predicted octanol–water partition coefficient (Wildman–Crippen LogP) is 3.01. The Bertz CT molecular complexity index is 404. The summed E-state index contributed by atoms with van der Waals surface area (Å²) in [5, 5.41) is 3.28. The summed E-state index contributed by atoms with van der Waals surface area (Å²) in [6, 6.07) is 4.10. The van der Waals surface area contributed by atoms with Crippen LogP contribution in [0.3, 0.4) is 0 Å². The van der Waals surface area contributed by atoms with E-state index in [9.17, 15) is 0 Å². The number of nitrogens with zero attached hydrogens (tertiary/aromatic N) is 1. The topological polar surface area (TPSA) is 34.1 Å². The van der Waals surface area contributed by atoms with Crippen LogP contribution < -0.4 is 10.1 Å². The molecule has 1 aromatic rings. The Morgan fingerprint density at radius 1 is 1.32 bits per heavy atom. The van der Waals surface area contributed by atoms with E-state index in [1.54, 1.807) is 0 Å². The molecule has 1 aromatic heterocycles. The summed E-state index contributed by atoms with van der Waals surface area (Å²) in [5.74, 6) is 3.65. The number of hydrogen-bond donors (Lipinski definition) is 1. The zero-order chi connectivity index (χ0) is 13.1. The molecule has 2 aliphatic carbocycles. The number of hydrogen-bond acceptors (Lipinski definition) is 3. The van der Waals surface area contributed by atoms with Gasteiger partial charge in [-0.1, -0.05) is 13.3 Å². The van der Waals surface area contributed by atoms with Gasteiger partial charge in [-0.05, 0) is 55.7 Å². The molecule has 0 amide bonds. The summed E-state index contributed by atoms with van der Waals surface area (Å²) in [6.07, 6.45) is 7.59. The van der Waals surface area contributed by atoms with E-state index in [4.69, 9.17) is 4.74 Å². The van der Waals surface area contributed by atoms with Crippen LogP contribution in [0.2, 0.25) is 0 Å². The Kier molecular flexibility index (Phi) is 4.02. The van der Waals surface area contributed by atoms with Crippen LogP contribution >= 0.6 is 0 Å². The first kappa shape index (κ1) is 12.9. The van der Waals surface area contributed by atoms with E-state index in [0.29, 0.717) is 0 Å². The maximum atomic E-state index is 5.92. The van der Waals surface area contributed by atoms with Crippen LogP contribution in [0.1, 0.15) is 38.3 Å². The molecule has 3 atom stereocenters. The van der Waals surface area contributed by atoms with E-state index in [1.807, 2.05) is 12.3 Å². The van der Waals surface area contributed by atoms with Crippen molar-refractivity contribution in [1.29, 1.82) is 0 Å². The fourth-order valence-electron chi connectivity index (χ4n) is 3.64. The third-order valence-corrected chi connectivity index (χ3v) is 4.70. The highest BCUT2D eigenvalue weighted by Gasteiger charge is 2.39. The second-order valence-electron chi connectivity index (χ2n) is 6.01. The molecular weight excluding hydrogens is 236 g/mol. The summed E-state index contributed by atoms with van der Waals surface area (Å²) in [4.78, 5) is 4.42. The average molecular weight is 260 g/mol. The number of pyridine rings is 1. The van der Waals surface area contributed by atoms with Gasteiger partial charge < -0.3 is 10.1 Å². The summed E-state index contributed by atoms with van der Waals surface area (Å²) in [5.41, 5.74) is 1.08. The fourth-order valence-corrected chi connectivity index (χ4v) is 3.64. The monoisotopic (exact) mass is 260 g/mol. The molecular formula is C16H24N2O. The molecule has 2 aliphatic rings. The maximum Gasteiger partial charge on any atom is 0.137 e. The Hall–Kier alpha value is -1.09. The molecule has 1 N–H and O–H groups in total. The second-order valence-corrected chi connectivity index (χ2v) is 6.01. The number of ether oxygens (including phenoxy) is 1. The molecule has 0 saturated heterocycles. The van der Waals surface area contributed by atoms with Crippen molar-refractivity contribution < 1.29 is 4.74 Å². The lowest BCUT2D eigenvalue weighted by Gasteiger charge is -2.21. The van der Waals surface area contributed by atoms with Crippen LogP contribution in [0.25, 0.3) is 0 Å². The Balaban J connectivity index is 1.47. The first-order valence-electron chi connectivity index (χ1n) is 7.63. The zero-order valence-corrected chi connectivity index (χ0v) is 11.8. The molecule has 19 heavy (non-hydrogen) atoms. The highest BCUT2D eigenvalue weighted by Crippen LogP contribution is 2.48. The van der Waals surface area contributed by atoms with Gasteiger partial charge in [-0.25, -0.2) is 0 Å². The Morgan fingerprint density at radius 3 is 2.89 bits per heavy atom. The molecule has 3 nitrogen and oxygen atoms in total. The molecule has 0 aromatic carbocycles. The average Bonchev–Trinajstić information content (AvgIpc) is 3.06. The van der Waals surface area contributed by atoms with Gasteiger partial charge in [0, 0.05) is 6.54 Å². The third kappa shape index (κ3) is 3.08. The smallest absolute Gasteiger partial charge is 0.137 e. The van der Waals surface area contributed by atoms with E-state index in [0.717, 1.165) is 48.9 Å². The number of fused-ring (bicyclic) bond motifs is 2. The van der Waals surface area contributed by atoms with Crippen LogP contribution in [0.4, 0.5) is 0 Å². The number of rotatable bonds is 6. The lowest BCUT2D eigenvalue weighted by molar-refractivity contribution is 0.194. The van der Waals surface area contributed by atoms with Crippen molar-refractivity contribution >= 4 is 0 Å². The van der Waals surface area contributed by atoms with Crippen LogP contribution in [0.15, 0.2) is 18.3 Å². The molecule has 0 radical (unpaired) electrons. The van der Waals surface area contributed by atoms with Crippen molar-refractivity contribution in [2.45, 2.75) is 39.2 Å². The van der Waals surface area contributed by atoms with Crippen molar-refractivity contribution in [1.82, 2.24) is 10.3 Å². The van der Waals surface area contributed by atoms with Gasteiger partial charge in [0.2, 0.25) is 0 Å². The standard InChI is InChI=1S/C16H24N2O/c1-2-17-9-15-5-6-16(10-18-15)19-11-14-8-12-3-4-13(14)7-12/h5-6,10,12-14,17H,2-4,7-9,11H2,1H3. The van der Waals surface area contributed by atoms with Crippen LogP contribution in [-0.4, -0.2) is 18.1 Å². The van der Waals surface area contributed by atoms with Crippen LogP contribution in [0.5, 0.6) is 5.75 Å². The number of nitrogens with one attached hydrogen (secondary N) is 1. The molecule has 2 bridgehead atoms. The van der Waals surface area contributed by atoms with Gasteiger partial charge in [0.1, 0.15) is 5.75 Å². The highest BCUT2D eigenvalue weighted by atomic mass is 16.5. The quantitative estimate of drug-likeness (QED) is 0.853. The first-order valence-corrected chi connectivity index (χ1v) is 7.63. The van der Waals surface area contributed by atoms with Gasteiger partial charge in [-0.3, -0.25) is 4.98 Å². The van der Waals surface area contributed by atoms with Crippen LogP contribution in [-0.2, 0) is 6.54 Å². The molecule has 2 saturated carbocycles. The molecule has 104 valence electrons. The van der Waals surface area contributed by atoms with Crippen molar-refractivity contribution in [2.24, 2.45) is 17.8 Å². The summed E-state index contributed by atoms with van der Waals surface area (Å²) in [7, 11) is 0. The predicted molar refractivity (Wildman–Crippen MR) is 76.1 cm³/mol. The molecule has 3 heteroatoms. The molecule has 3 rings (SSSR count). The third-order valence-electron chi connectivity index (χ3n) is 4.70. The summed E-state index contributed by atoms with van der Waals surface area (Å²) >= 11 is 0. The van der Waals surface area contributed by atoms with Gasteiger partial charge in [-0.15, -0.1) is 0 Å². The fraction of sp³-hybridized carbons (Fsp3) is 0.688. The van der Waals surface area contributed by atoms with Gasteiger partial charge in [0.25, 0.3) is 0 Å². The molecule has 2 fully saturated rings. The molecule has 0 spiro atoms. The van der Waals surface area contributed by atoms with E-state index < -0.39 is 0 Å². The Morgan fingerprint density at radius 2 is 2.26 bits per heavy atom. The van der Waals surface area contributed by atoms with Gasteiger partial charge >= 0.3 is 0 Å². The maximum absolute atomic E-state index is 5.92. The molecule has 3 unspecified atom stereocenters. The van der Waals surface area contributed by atoms with Crippen molar-refractivity contribution in [3.05, 3.63) is 24.0 Å². The minimum Gasteiger partial charge on any atom is -0.492 e. The summed E-state index contributed by atoms with van der Waals surface area (Å²) in [6.45, 7) is 4.80. The lowest BCUT2D eigenvalue weighted by atomic mass is 9.90. The van der Waals surface area contributed by atoms with Crippen molar-refractivity contribution in [2.75, 3.05) is 13.2 Å². The second kappa shape index (κ2) is 5.91. The minimum atomic E-state index is 0.792. The van der Waals surface area contributed by atoms with Crippen LogP contribution in [0, 0.1) is 17.8 Å². The lowest BCUT2D eigenvalue weighted by Crippen LogP contribution is -2.18. The van der Waals surface area contributed by atoms with E-state index >= 15 is 0 Å². The Labute approximate surface area is 115 Å². The summed E-state index contributed by atoms with van der Waals surface area (Å²) < 4.78 is 5.92. The van der Waals surface area contributed by atoms with Crippen molar-refractivity contribution in [3.8, 4) is 5.75 Å². The normalized spacial score (nSPS) is 28.8. The van der Waals surface area contributed by atoms with Crippen molar-refractivity contribution in [3.63, 3.8) is 0 Å². The zero-order valence-electron chi connectivity index (χ0n) is 11.8. The molecule has 1 heterocycles. The van der Waals surface area contributed by atoms with Gasteiger partial charge in [0.05, 0.1) is 18.5 Å². The van der Waals surface area contributed by atoms with Gasteiger partial charge in [0.15, 0.2) is 0 Å². The van der Waals surface area contributed by atoms with E-state index in [2.05, 4.69) is 23.3 Å². The largest absolute Gasteiger partial charge is 0.492 e.